The number of fused-ring (bicyclic) bond motifs is 1. The molecule has 1 heterocycles. The number of amides is 1. The van der Waals surface area contributed by atoms with Crippen molar-refractivity contribution in [2.45, 2.75) is 0 Å². The van der Waals surface area contributed by atoms with Crippen LogP contribution in [0.1, 0.15) is 0 Å². The molecule has 0 saturated carbocycles. The van der Waals surface area contributed by atoms with Crippen LogP contribution in [0.25, 0.3) is 0 Å². The molecule has 0 radical (unpaired) electrons. The minimum Gasteiger partial charge on any atom is -0.482 e. The molecule has 0 aromatic heterocycles. The van der Waals surface area contributed by atoms with Gasteiger partial charge in [0.15, 0.2) is 6.61 Å². The Kier molecular flexibility index (Phi) is 2.86. The Morgan fingerprint density at radius 1 is 1.59 bits per heavy atom. The van der Waals surface area contributed by atoms with Crippen LogP contribution in [0.2, 0.25) is 0 Å². The zero-order valence-corrected chi connectivity index (χ0v) is 9.27. The van der Waals surface area contributed by atoms with Crippen LogP contribution in [0.5, 0.6) is 5.75 Å². The van der Waals surface area contributed by atoms with E-state index in [9.17, 15) is 9.59 Å². The first-order chi connectivity index (χ1) is 8.11. The van der Waals surface area contributed by atoms with Gasteiger partial charge in [0.25, 0.3) is 5.91 Å². The highest BCUT2D eigenvalue weighted by Crippen LogP contribution is 2.34. The van der Waals surface area contributed by atoms with Crippen LogP contribution in [0, 0.1) is 0 Å². The van der Waals surface area contributed by atoms with E-state index in [-0.39, 0.29) is 19.1 Å². The van der Waals surface area contributed by atoms with Gasteiger partial charge in [-0.05, 0) is 18.2 Å². The van der Waals surface area contributed by atoms with E-state index < -0.39 is 5.97 Å². The van der Waals surface area contributed by atoms with Gasteiger partial charge < -0.3 is 15.2 Å². The Morgan fingerprint density at radius 2 is 2.35 bits per heavy atom. The van der Waals surface area contributed by atoms with Crippen LogP contribution >= 0.6 is 0 Å². The minimum atomic E-state index is -1.05. The number of nitrogens with one attached hydrogen (secondary N) is 1. The van der Waals surface area contributed by atoms with Gasteiger partial charge in [0.1, 0.15) is 12.3 Å². The Balaban J connectivity index is 2.41. The second-order valence-corrected chi connectivity index (χ2v) is 3.59. The molecule has 0 spiro atoms. The van der Waals surface area contributed by atoms with Crippen LogP contribution in [0.4, 0.5) is 11.4 Å². The third-order valence-electron chi connectivity index (χ3n) is 2.48. The second kappa shape index (κ2) is 4.32. The lowest BCUT2D eigenvalue weighted by atomic mass is 10.2. The summed E-state index contributed by atoms with van der Waals surface area (Å²) in [5, 5.41) is 11.7. The van der Waals surface area contributed by atoms with E-state index in [1.54, 1.807) is 25.2 Å². The van der Waals surface area contributed by atoms with E-state index in [0.717, 1.165) is 5.69 Å². The van der Waals surface area contributed by atoms with Gasteiger partial charge in [-0.1, -0.05) is 0 Å². The normalized spacial score (nSPS) is 13.9. The number of carbonyl (C=O) groups excluding carboxylic acids is 1. The summed E-state index contributed by atoms with van der Waals surface area (Å²) in [6.07, 6.45) is 0. The number of rotatable bonds is 3. The molecular formula is C11H12N2O4. The van der Waals surface area contributed by atoms with Gasteiger partial charge in [-0.25, -0.2) is 0 Å². The molecule has 1 aromatic carbocycles. The van der Waals surface area contributed by atoms with Gasteiger partial charge in [-0.15, -0.1) is 0 Å². The van der Waals surface area contributed by atoms with E-state index >= 15 is 0 Å². The fourth-order valence-corrected chi connectivity index (χ4v) is 1.67. The van der Waals surface area contributed by atoms with E-state index in [4.69, 9.17) is 9.84 Å². The van der Waals surface area contributed by atoms with Gasteiger partial charge >= 0.3 is 5.97 Å². The van der Waals surface area contributed by atoms with E-state index in [1.165, 1.54) is 4.90 Å². The number of carboxylic acid groups (broad SMARTS) is 1. The topological polar surface area (TPSA) is 78.9 Å². The maximum absolute atomic E-state index is 11.6. The molecule has 0 aliphatic carbocycles. The number of carbonyl (C=O) groups is 2. The zero-order chi connectivity index (χ0) is 12.4. The molecule has 1 amide bonds. The number of benzene rings is 1. The van der Waals surface area contributed by atoms with Gasteiger partial charge in [0, 0.05) is 12.7 Å². The van der Waals surface area contributed by atoms with Crippen LogP contribution in [-0.4, -0.2) is 37.2 Å². The highest BCUT2D eigenvalue weighted by Gasteiger charge is 2.27. The Labute approximate surface area is 97.8 Å². The third-order valence-corrected chi connectivity index (χ3v) is 2.48. The molecule has 0 fully saturated rings. The molecule has 0 bridgehead atoms. The molecule has 1 aromatic rings. The second-order valence-electron chi connectivity index (χ2n) is 3.59. The molecule has 90 valence electrons. The van der Waals surface area contributed by atoms with Crippen molar-refractivity contribution in [3.63, 3.8) is 0 Å². The van der Waals surface area contributed by atoms with Crippen molar-refractivity contribution in [2.24, 2.45) is 0 Å². The predicted octanol–water partition coefficient (Wildman–Crippen LogP) is 0.538. The third kappa shape index (κ3) is 2.15. The monoisotopic (exact) mass is 236 g/mol. The van der Waals surface area contributed by atoms with Crippen molar-refractivity contribution >= 4 is 23.3 Å². The maximum atomic E-state index is 11.6. The molecule has 2 N–H and O–H groups in total. The van der Waals surface area contributed by atoms with Crippen molar-refractivity contribution in [1.29, 1.82) is 0 Å². The summed E-state index contributed by atoms with van der Waals surface area (Å²) in [5.41, 5.74) is 1.27. The smallest absolute Gasteiger partial charge is 0.323 e. The van der Waals surface area contributed by atoms with E-state index in [2.05, 4.69) is 5.32 Å². The summed E-state index contributed by atoms with van der Waals surface area (Å²) in [6.45, 7) is -0.485. The van der Waals surface area contributed by atoms with Gasteiger partial charge in [-0.3, -0.25) is 14.5 Å². The van der Waals surface area contributed by atoms with Crippen molar-refractivity contribution < 1.29 is 19.4 Å². The number of nitrogens with zero attached hydrogens (tertiary/aromatic N) is 1. The highest BCUT2D eigenvalue weighted by atomic mass is 16.5. The lowest BCUT2D eigenvalue weighted by Crippen LogP contribution is -2.41. The molecule has 6 nitrogen and oxygen atoms in total. The summed E-state index contributed by atoms with van der Waals surface area (Å²) in [7, 11) is 1.74. The first kappa shape index (κ1) is 11.3. The summed E-state index contributed by atoms with van der Waals surface area (Å²) in [5.74, 6) is -0.890. The SMILES string of the molecule is CNc1ccc2c(c1)N(CC(=O)O)C(=O)CO2. The average molecular weight is 236 g/mol. The summed E-state index contributed by atoms with van der Waals surface area (Å²) in [6, 6.07) is 5.20. The van der Waals surface area contributed by atoms with Crippen molar-refractivity contribution in [3.8, 4) is 5.75 Å². The minimum absolute atomic E-state index is 0.126. The van der Waals surface area contributed by atoms with E-state index in [1.807, 2.05) is 0 Å². The summed E-state index contributed by atoms with van der Waals surface area (Å²) >= 11 is 0. The van der Waals surface area contributed by atoms with Crippen molar-refractivity contribution in [1.82, 2.24) is 0 Å². The van der Waals surface area contributed by atoms with Crippen LogP contribution < -0.4 is 15.0 Å². The first-order valence-corrected chi connectivity index (χ1v) is 5.08. The molecule has 0 saturated heterocycles. The number of ether oxygens (including phenoxy) is 1. The van der Waals surface area contributed by atoms with Gasteiger partial charge in [-0.2, -0.15) is 0 Å². The molecule has 0 atom stereocenters. The number of aliphatic carboxylic acids is 1. The van der Waals surface area contributed by atoms with Crippen molar-refractivity contribution in [3.05, 3.63) is 18.2 Å². The largest absolute Gasteiger partial charge is 0.482 e. The fourth-order valence-electron chi connectivity index (χ4n) is 1.67. The molecule has 1 aliphatic rings. The number of hydrogen-bond donors (Lipinski definition) is 2. The Hall–Kier alpha value is -2.24. The molecule has 17 heavy (non-hydrogen) atoms. The molecule has 1 aliphatic heterocycles. The van der Waals surface area contributed by atoms with Crippen LogP contribution in [0.3, 0.4) is 0 Å². The summed E-state index contributed by atoms with van der Waals surface area (Å²) in [4.78, 5) is 23.5. The molecular weight excluding hydrogens is 224 g/mol. The molecule has 2 rings (SSSR count). The standard InChI is InChI=1S/C11H12N2O4/c1-12-7-2-3-9-8(4-7)13(5-11(15)16)10(14)6-17-9/h2-4,12H,5-6H2,1H3,(H,15,16). The zero-order valence-electron chi connectivity index (χ0n) is 9.27. The van der Waals surface area contributed by atoms with Crippen LogP contribution in [-0.2, 0) is 9.59 Å². The van der Waals surface area contributed by atoms with Crippen molar-refractivity contribution in [2.75, 3.05) is 30.4 Å². The lowest BCUT2D eigenvalue weighted by molar-refractivity contribution is -0.137. The average Bonchev–Trinajstić information content (AvgIpc) is 2.32. The highest BCUT2D eigenvalue weighted by molar-refractivity contribution is 6.01. The molecule has 0 unspecified atom stereocenters. The first-order valence-electron chi connectivity index (χ1n) is 5.08. The molecule has 6 heteroatoms. The Bertz CT molecular complexity index is 473. The summed E-state index contributed by atoms with van der Waals surface area (Å²) < 4.78 is 5.24. The van der Waals surface area contributed by atoms with E-state index in [0.29, 0.717) is 11.4 Å². The predicted molar refractivity (Wildman–Crippen MR) is 61.5 cm³/mol. The lowest BCUT2D eigenvalue weighted by Gasteiger charge is -2.28. The number of anilines is 2. The van der Waals surface area contributed by atoms with Gasteiger partial charge in [0.05, 0.1) is 5.69 Å². The van der Waals surface area contributed by atoms with Gasteiger partial charge in [0.2, 0.25) is 0 Å². The maximum Gasteiger partial charge on any atom is 0.323 e. The quantitative estimate of drug-likeness (QED) is 0.800. The Morgan fingerprint density at radius 3 is 3.00 bits per heavy atom. The fraction of sp³-hybridized carbons (Fsp3) is 0.273. The van der Waals surface area contributed by atoms with Crippen LogP contribution in [0.15, 0.2) is 18.2 Å². The number of carboxylic acids is 1. The number of hydrogen-bond acceptors (Lipinski definition) is 4.